The summed E-state index contributed by atoms with van der Waals surface area (Å²) in [6.45, 7) is 11.3. The van der Waals surface area contributed by atoms with E-state index in [4.69, 9.17) is 9.47 Å². The minimum Gasteiger partial charge on any atom is -0.878 e. The van der Waals surface area contributed by atoms with Crippen LogP contribution in [0.4, 0.5) is 11.6 Å². The Morgan fingerprint density at radius 2 is 1.97 bits per heavy atom. The fourth-order valence-electron chi connectivity index (χ4n) is 2.86. The van der Waals surface area contributed by atoms with Crippen molar-refractivity contribution in [3.8, 4) is 16.9 Å². The predicted molar refractivity (Wildman–Crippen MR) is 151 cm³/mol. The van der Waals surface area contributed by atoms with Crippen LogP contribution in [0.3, 0.4) is 0 Å². The Morgan fingerprint density at radius 1 is 1.21 bits per heavy atom. The third kappa shape index (κ3) is 11.1. The molecule has 4 heterocycles. The van der Waals surface area contributed by atoms with Crippen LogP contribution < -0.4 is 47.8 Å². The molecule has 0 spiro atoms. The van der Waals surface area contributed by atoms with Crippen LogP contribution in [0.15, 0.2) is 42.9 Å². The van der Waals surface area contributed by atoms with Gasteiger partial charge in [0.1, 0.15) is 17.4 Å². The molecule has 0 saturated heterocycles. The van der Waals surface area contributed by atoms with Gasteiger partial charge in [0, 0.05) is 65.4 Å². The summed E-state index contributed by atoms with van der Waals surface area (Å²) in [4.78, 5) is 17.1. The van der Waals surface area contributed by atoms with Gasteiger partial charge in [-0.1, -0.05) is 12.4 Å². The van der Waals surface area contributed by atoms with Crippen molar-refractivity contribution >= 4 is 46.3 Å². The first-order valence-corrected chi connectivity index (χ1v) is 11.8. The standard InChI is InChI=1S/C21H17N6O2.C4H8IN.CH3.2Li/c1-14-5-8-28-13-16(10-22)21-24-7-4-19(27-21)26-20-9-18(29-14)17(12-25-20)15-3-2-6-23-11-15;1-3-6(5)4-2;;;/h2-4,7,9-12,14H,5,8H2,1H3,(H,24,25,26,27);1-4H2;1H3;;/q-3;-2;-1;2*+1/t14-;;;;/m0..../s1. The number of ether oxygens (including phenoxy) is 2. The summed E-state index contributed by atoms with van der Waals surface area (Å²) in [5, 5.41) is 12.6. The van der Waals surface area contributed by atoms with Crippen LogP contribution in [0, 0.1) is 33.7 Å². The molecule has 0 radical (unpaired) electrons. The minimum absolute atomic E-state index is 0. The largest absolute Gasteiger partial charge is 1.00 e. The number of nitrogens with zero attached hydrogens (tertiary/aromatic N) is 6. The molecule has 12 heteroatoms. The van der Waals surface area contributed by atoms with Crippen molar-refractivity contribution in [3.05, 3.63) is 87.8 Å². The normalized spacial score (nSPS) is 14.0. The number of nitrogens with one attached hydrogen (secondary N) is 1. The molecule has 0 unspecified atom stereocenters. The second kappa shape index (κ2) is 19.2. The fourth-order valence-corrected chi connectivity index (χ4v) is 2.86. The van der Waals surface area contributed by atoms with Crippen LogP contribution >= 0.6 is 22.9 Å². The van der Waals surface area contributed by atoms with E-state index >= 15 is 0 Å². The first-order chi connectivity index (χ1) is 17.0. The van der Waals surface area contributed by atoms with Gasteiger partial charge in [-0.25, -0.2) is 4.98 Å². The summed E-state index contributed by atoms with van der Waals surface area (Å²) in [7, 11) is 0. The van der Waals surface area contributed by atoms with Crippen LogP contribution in [-0.4, -0.2) is 55.1 Å². The van der Waals surface area contributed by atoms with Gasteiger partial charge in [-0.3, -0.25) is 4.98 Å². The van der Waals surface area contributed by atoms with Crippen molar-refractivity contribution in [3.63, 3.8) is 0 Å². The Balaban J connectivity index is 0.00000137. The molecule has 3 aromatic heterocycles. The van der Waals surface area contributed by atoms with Gasteiger partial charge in [0.25, 0.3) is 0 Å². The van der Waals surface area contributed by atoms with E-state index in [1.54, 1.807) is 30.7 Å². The van der Waals surface area contributed by atoms with Crippen molar-refractivity contribution in [2.45, 2.75) is 19.4 Å². The number of anilines is 2. The average molecular weight is 611 g/mol. The van der Waals surface area contributed by atoms with E-state index in [2.05, 4.69) is 74.4 Å². The van der Waals surface area contributed by atoms with E-state index in [9.17, 15) is 5.41 Å². The van der Waals surface area contributed by atoms with E-state index < -0.39 is 0 Å². The zero-order chi connectivity index (χ0) is 25.0. The van der Waals surface area contributed by atoms with Crippen molar-refractivity contribution in [2.24, 2.45) is 0 Å². The van der Waals surface area contributed by atoms with Crippen molar-refractivity contribution in [1.82, 2.24) is 23.0 Å². The number of pyridine rings is 2. The Morgan fingerprint density at radius 3 is 2.61 bits per heavy atom. The van der Waals surface area contributed by atoms with Gasteiger partial charge < -0.3 is 60.8 Å². The first-order valence-electron chi connectivity index (χ1n) is 10.8. The summed E-state index contributed by atoms with van der Waals surface area (Å²) in [5.74, 6) is 2.01. The number of hydrogen-bond donors (Lipinski definition) is 1. The van der Waals surface area contributed by atoms with Crippen LogP contribution in [-0.2, 0) is 4.74 Å². The van der Waals surface area contributed by atoms with Crippen LogP contribution in [0.2, 0.25) is 0 Å². The number of allylic oxidation sites excluding steroid dienone is 1. The summed E-state index contributed by atoms with van der Waals surface area (Å²) in [5.41, 5.74) is 1.95. The zero-order valence-corrected chi connectivity index (χ0v) is 24.5. The molecule has 0 amide bonds. The predicted octanol–water partition coefficient (Wildman–Crippen LogP) is -0.786. The topological polar surface area (TPSA) is 108 Å². The van der Waals surface area contributed by atoms with Crippen molar-refractivity contribution in [1.29, 1.82) is 0 Å². The van der Waals surface area contributed by atoms with Crippen LogP contribution in [0.25, 0.3) is 22.1 Å². The molecule has 9 nitrogen and oxygen atoms in total. The number of halogens is 1. The molecular formula is C26H28ILi2N7O2-4. The molecule has 1 atom stereocenters. The number of aromatic nitrogens is 4. The SMILES string of the molecule is C[C@H]1CCO[C-]=C(C=[N-])c2nccc(n2)Nc2cc(c(-c3cc[c-]nc3)cn2)O1.[CH2-]CN(I)C[CH2-].[CH3-].[Li+].[Li+]. The molecule has 1 aliphatic rings. The molecule has 0 aliphatic carbocycles. The maximum Gasteiger partial charge on any atom is 1.00 e. The molecule has 1 N–H and O–H groups in total. The smallest absolute Gasteiger partial charge is 0.878 e. The third-order valence-electron chi connectivity index (χ3n) is 4.70. The monoisotopic (exact) mass is 611 g/mol. The van der Waals surface area contributed by atoms with Gasteiger partial charge >= 0.3 is 37.7 Å². The summed E-state index contributed by atoms with van der Waals surface area (Å²) >= 11 is 2.18. The number of rotatable bonds is 4. The second-order valence-corrected chi connectivity index (χ2v) is 8.62. The van der Waals surface area contributed by atoms with E-state index in [-0.39, 0.29) is 62.6 Å². The van der Waals surface area contributed by atoms with Crippen molar-refractivity contribution < 1.29 is 47.2 Å². The van der Waals surface area contributed by atoms with E-state index in [1.807, 2.05) is 22.2 Å². The van der Waals surface area contributed by atoms with Gasteiger partial charge in [0.05, 0.1) is 12.7 Å². The molecular weight excluding hydrogens is 583 g/mol. The maximum atomic E-state index is 9.47. The molecule has 0 fully saturated rings. The van der Waals surface area contributed by atoms with Crippen LogP contribution in [0.5, 0.6) is 5.75 Å². The number of hydrogen-bond acceptors (Lipinski definition) is 8. The summed E-state index contributed by atoms with van der Waals surface area (Å²) in [6.07, 6.45) is 11.8. The summed E-state index contributed by atoms with van der Waals surface area (Å²) < 4.78 is 13.6. The Labute approximate surface area is 264 Å². The Kier molecular flexibility index (Phi) is 18.2. The van der Waals surface area contributed by atoms with Gasteiger partial charge in [0.15, 0.2) is 0 Å². The molecule has 4 bridgehead atoms. The average Bonchev–Trinajstić information content (AvgIpc) is 2.89. The van der Waals surface area contributed by atoms with Gasteiger partial charge in [-0.05, 0) is 13.0 Å². The van der Waals surface area contributed by atoms with Gasteiger partial charge in [-0.15, -0.1) is 24.2 Å². The molecule has 0 aromatic carbocycles. The summed E-state index contributed by atoms with van der Waals surface area (Å²) in [6, 6.07) is 7.16. The molecule has 1 aliphatic heterocycles. The number of fused-ring (bicyclic) bond motifs is 4. The van der Waals surface area contributed by atoms with Crippen molar-refractivity contribution in [2.75, 3.05) is 25.0 Å². The quantitative estimate of drug-likeness (QED) is 0.135. The third-order valence-corrected chi connectivity index (χ3v) is 5.66. The van der Waals surface area contributed by atoms with E-state index in [0.717, 1.165) is 30.4 Å². The zero-order valence-electron chi connectivity index (χ0n) is 22.3. The van der Waals surface area contributed by atoms with E-state index in [0.29, 0.717) is 30.4 Å². The van der Waals surface area contributed by atoms with Crippen LogP contribution in [0.1, 0.15) is 19.2 Å². The first kappa shape index (κ1) is 36.1. The second-order valence-electron chi connectivity index (χ2n) is 7.25. The minimum atomic E-state index is -0.132. The fraction of sp³-hybridized carbons (Fsp3) is 0.231. The van der Waals surface area contributed by atoms with E-state index in [1.165, 1.54) is 0 Å². The van der Waals surface area contributed by atoms with Gasteiger partial charge in [0.2, 0.25) is 0 Å². The molecule has 0 saturated carbocycles. The molecule has 192 valence electrons. The molecule has 38 heavy (non-hydrogen) atoms. The Hall–Kier alpha value is -1.93. The molecule has 4 rings (SSSR count). The Bertz CT molecular complexity index is 1140. The van der Waals surface area contributed by atoms with Gasteiger partial charge in [-0.2, -0.15) is 12.1 Å². The maximum absolute atomic E-state index is 9.47. The molecule has 3 aromatic rings.